The SMILES string of the molecule is Cc1cc(=O)c(O)cn1C.Cn1ccc(=O)c(O)c1. The summed E-state index contributed by atoms with van der Waals surface area (Å²) in [6.07, 6.45) is 4.35. The van der Waals surface area contributed by atoms with E-state index in [0.717, 1.165) is 5.69 Å². The fourth-order valence-corrected chi connectivity index (χ4v) is 1.28. The lowest BCUT2D eigenvalue weighted by Gasteiger charge is -2.01. The molecule has 6 nitrogen and oxygen atoms in total. The number of nitrogens with zero attached hydrogens (tertiary/aromatic N) is 2. The molecule has 0 aliphatic rings. The van der Waals surface area contributed by atoms with Crippen molar-refractivity contribution in [2.45, 2.75) is 6.92 Å². The molecule has 102 valence electrons. The van der Waals surface area contributed by atoms with Gasteiger partial charge in [-0.15, -0.1) is 0 Å². The molecule has 2 N–H and O–H groups in total. The van der Waals surface area contributed by atoms with Crippen molar-refractivity contribution in [2.75, 3.05) is 0 Å². The highest BCUT2D eigenvalue weighted by Gasteiger charge is 1.96. The lowest BCUT2D eigenvalue weighted by atomic mass is 10.3. The van der Waals surface area contributed by atoms with Gasteiger partial charge in [0.05, 0.1) is 0 Å². The maximum Gasteiger partial charge on any atom is 0.223 e. The third kappa shape index (κ3) is 4.02. The van der Waals surface area contributed by atoms with Gasteiger partial charge in [0, 0.05) is 50.5 Å². The molecule has 0 atom stereocenters. The van der Waals surface area contributed by atoms with Crippen molar-refractivity contribution in [3.05, 3.63) is 56.9 Å². The highest BCUT2D eigenvalue weighted by atomic mass is 16.3. The number of hydrogen-bond donors (Lipinski definition) is 2. The van der Waals surface area contributed by atoms with Crippen LogP contribution in [-0.4, -0.2) is 19.3 Å². The van der Waals surface area contributed by atoms with Crippen LogP contribution in [-0.2, 0) is 14.1 Å². The normalized spacial score (nSPS) is 9.63. The first-order chi connectivity index (χ1) is 8.81. The van der Waals surface area contributed by atoms with Crippen LogP contribution in [0.1, 0.15) is 5.69 Å². The van der Waals surface area contributed by atoms with Crippen LogP contribution in [0.15, 0.2) is 40.3 Å². The summed E-state index contributed by atoms with van der Waals surface area (Å²) in [4.78, 5) is 21.2. The summed E-state index contributed by atoms with van der Waals surface area (Å²) in [5.74, 6) is -0.409. The van der Waals surface area contributed by atoms with Crippen LogP contribution in [0.4, 0.5) is 0 Å². The molecule has 0 unspecified atom stereocenters. The number of aromatic nitrogens is 2. The molecule has 0 saturated heterocycles. The fourth-order valence-electron chi connectivity index (χ4n) is 1.28. The molecule has 19 heavy (non-hydrogen) atoms. The van der Waals surface area contributed by atoms with Gasteiger partial charge in [0.25, 0.3) is 0 Å². The number of aromatic hydroxyl groups is 2. The van der Waals surface area contributed by atoms with Crippen LogP contribution in [0.2, 0.25) is 0 Å². The highest BCUT2D eigenvalue weighted by molar-refractivity contribution is 5.19. The average Bonchev–Trinajstić information content (AvgIpc) is 2.33. The second-order valence-electron chi connectivity index (χ2n) is 4.14. The second kappa shape index (κ2) is 5.90. The van der Waals surface area contributed by atoms with E-state index in [9.17, 15) is 9.59 Å². The van der Waals surface area contributed by atoms with Crippen LogP contribution in [0.3, 0.4) is 0 Å². The minimum Gasteiger partial charge on any atom is -0.503 e. The van der Waals surface area contributed by atoms with Crippen molar-refractivity contribution in [1.29, 1.82) is 0 Å². The average molecular weight is 264 g/mol. The zero-order valence-corrected chi connectivity index (χ0v) is 11.0. The van der Waals surface area contributed by atoms with Crippen molar-refractivity contribution in [3.63, 3.8) is 0 Å². The smallest absolute Gasteiger partial charge is 0.223 e. The van der Waals surface area contributed by atoms with Crippen molar-refractivity contribution in [2.24, 2.45) is 14.1 Å². The monoisotopic (exact) mass is 264 g/mol. The van der Waals surface area contributed by atoms with Gasteiger partial charge in [0.2, 0.25) is 10.9 Å². The van der Waals surface area contributed by atoms with E-state index in [1.807, 2.05) is 0 Å². The van der Waals surface area contributed by atoms with E-state index < -0.39 is 0 Å². The molecule has 0 aliphatic heterocycles. The Hall–Kier alpha value is -2.50. The molecule has 2 rings (SSSR count). The van der Waals surface area contributed by atoms with Gasteiger partial charge in [-0.05, 0) is 6.92 Å². The van der Waals surface area contributed by atoms with E-state index >= 15 is 0 Å². The minimum atomic E-state index is -0.340. The van der Waals surface area contributed by atoms with E-state index in [4.69, 9.17) is 10.2 Å². The lowest BCUT2D eigenvalue weighted by molar-refractivity contribution is 0.462. The van der Waals surface area contributed by atoms with Crippen molar-refractivity contribution in [3.8, 4) is 11.5 Å². The van der Waals surface area contributed by atoms with E-state index in [0.29, 0.717) is 0 Å². The molecular weight excluding hydrogens is 248 g/mol. The summed E-state index contributed by atoms with van der Waals surface area (Å²) in [5.41, 5.74) is 0.173. The molecule has 2 heterocycles. The minimum absolute atomic E-state index is 0.201. The predicted molar refractivity (Wildman–Crippen MR) is 71.4 cm³/mol. The molecule has 0 spiro atoms. The molecule has 0 fully saturated rings. The third-order valence-corrected chi connectivity index (χ3v) is 2.50. The molecule has 6 heteroatoms. The van der Waals surface area contributed by atoms with Crippen LogP contribution < -0.4 is 10.9 Å². The maximum atomic E-state index is 10.7. The number of rotatable bonds is 0. The van der Waals surface area contributed by atoms with Crippen LogP contribution in [0, 0.1) is 6.92 Å². The summed E-state index contributed by atoms with van der Waals surface area (Å²) >= 11 is 0. The first-order valence-electron chi connectivity index (χ1n) is 5.52. The van der Waals surface area contributed by atoms with E-state index in [2.05, 4.69) is 0 Å². The van der Waals surface area contributed by atoms with E-state index in [1.54, 1.807) is 36.4 Å². The van der Waals surface area contributed by atoms with Gasteiger partial charge in [-0.3, -0.25) is 9.59 Å². The highest BCUT2D eigenvalue weighted by Crippen LogP contribution is 2.00. The maximum absolute atomic E-state index is 10.7. The van der Waals surface area contributed by atoms with Crippen LogP contribution in [0.5, 0.6) is 11.5 Å². The molecule has 0 bridgehead atoms. The Morgan fingerprint density at radius 1 is 1.00 bits per heavy atom. The van der Waals surface area contributed by atoms with Gasteiger partial charge in [0.15, 0.2) is 11.5 Å². The summed E-state index contributed by atoms with van der Waals surface area (Å²) in [6.45, 7) is 1.81. The van der Waals surface area contributed by atoms with Crippen molar-refractivity contribution in [1.82, 2.24) is 9.13 Å². The second-order valence-corrected chi connectivity index (χ2v) is 4.14. The molecule has 0 aliphatic carbocycles. The van der Waals surface area contributed by atoms with Crippen LogP contribution >= 0.6 is 0 Å². The van der Waals surface area contributed by atoms with Crippen LogP contribution in [0.25, 0.3) is 0 Å². The summed E-state index contributed by atoms with van der Waals surface area (Å²) in [7, 11) is 3.51. The topological polar surface area (TPSA) is 84.5 Å². The Kier molecular flexibility index (Phi) is 4.52. The van der Waals surface area contributed by atoms with Gasteiger partial charge in [-0.25, -0.2) is 0 Å². The Balaban J connectivity index is 0.000000191. The number of pyridine rings is 2. The largest absolute Gasteiger partial charge is 0.503 e. The first kappa shape index (κ1) is 14.6. The zero-order valence-electron chi connectivity index (χ0n) is 11.0. The Labute approximate surface area is 109 Å². The van der Waals surface area contributed by atoms with E-state index in [1.165, 1.54) is 24.5 Å². The molecule has 2 aromatic rings. The van der Waals surface area contributed by atoms with Crippen molar-refractivity contribution < 1.29 is 10.2 Å². The first-order valence-corrected chi connectivity index (χ1v) is 5.52. The Bertz CT molecular complexity index is 686. The summed E-state index contributed by atoms with van der Waals surface area (Å²) in [6, 6.07) is 2.71. The number of aryl methyl sites for hydroxylation is 3. The van der Waals surface area contributed by atoms with Gasteiger partial charge >= 0.3 is 0 Å². The third-order valence-electron chi connectivity index (χ3n) is 2.50. The molecule has 0 aromatic carbocycles. The molecule has 2 aromatic heterocycles. The van der Waals surface area contributed by atoms with Gasteiger partial charge in [-0.2, -0.15) is 0 Å². The Morgan fingerprint density at radius 2 is 1.58 bits per heavy atom. The van der Waals surface area contributed by atoms with Gasteiger partial charge in [0.1, 0.15) is 0 Å². The van der Waals surface area contributed by atoms with E-state index in [-0.39, 0.29) is 22.4 Å². The molecule has 0 saturated carbocycles. The molecule has 0 radical (unpaired) electrons. The van der Waals surface area contributed by atoms with Crippen molar-refractivity contribution >= 4 is 0 Å². The predicted octanol–water partition coefficient (Wildman–Crippen LogP) is 0.490. The number of hydrogen-bond acceptors (Lipinski definition) is 4. The quantitative estimate of drug-likeness (QED) is 0.725. The standard InChI is InChI=1S/C7H9NO2.C6H7NO2/c1-5-3-6(9)7(10)4-8(5)2;1-7-3-2-5(8)6(9)4-7/h3-4,10H,1-2H3;2-4,9H,1H3. The summed E-state index contributed by atoms with van der Waals surface area (Å²) in [5, 5.41) is 17.7. The molecule has 0 amide bonds. The Morgan fingerprint density at radius 3 is 2.05 bits per heavy atom. The lowest BCUT2D eigenvalue weighted by Crippen LogP contribution is -2.05. The fraction of sp³-hybridized carbons (Fsp3) is 0.231. The van der Waals surface area contributed by atoms with Gasteiger partial charge < -0.3 is 19.3 Å². The summed E-state index contributed by atoms with van der Waals surface area (Å²) < 4.78 is 3.30. The van der Waals surface area contributed by atoms with Gasteiger partial charge in [-0.1, -0.05) is 0 Å². The zero-order chi connectivity index (χ0) is 14.6. The molecular formula is C13H16N2O4.